The van der Waals surface area contributed by atoms with Crippen LogP contribution in [0.3, 0.4) is 0 Å². The molecule has 2 aromatic rings. The van der Waals surface area contributed by atoms with E-state index in [1.54, 1.807) is 18.2 Å². The smallest absolute Gasteiger partial charge is 0.220 e. The molecule has 0 aliphatic carbocycles. The van der Waals surface area contributed by atoms with Gasteiger partial charge in [-0.05, 0) is 18.2 Å². The Labute approximate surface area is 97.7 Å². The fourth-order valence-electron chi connectivity index (χ4n) is 1.41. The van der Waals surface area contributed by atoms with Crippen LogP contribution in [0.1, 0.15) is 5.56 Å². The topological polar surface area (TPSA) is 46.3 Å². The third kappa shape index (κ3) is 2.60. The summed E-state index contributed by atoms with van der Waals surface area (Å²) in [6.45, 7) is 0. The quantitative estimate of drug-likeness (QED) is 0.374. The van der Waals surface area contributed by atoms with Gasteiger partial charge >= 0.3 is 0 Å². The van der Waals surface area contributed by atoms with Crippen molar-refractivity contribution in [2.45, 2.75) is 0 Å². The molecule has 0 saturated heterocycles. The SMILES string of the molecule is [O-][N+](=Cc1ccccc1F)c1cccc(O)c1. The Kier molecular flexibility index (Phi) is 3.05. The lowest BCUT2D eigenvalue weighted by molar-refractivity contribution is -0.354. The molecule has 2 aromatic carbocycles. The molecule has 0 aliphatic heterocycles. The van der Waals surface area contributed by atoms with Crippen molar-refractivity contribution in [1.82, 2.24) is 0 Å². The van der Waals surface area contributed by atoms with Gasteiger partial charge < -0.3 is 10.3 Å². The van der Waals surface area contributed by atoms with Crippen molar-refractivity contribution in [3.8, 4) is 5.75 Å². The molecule has 2 rings (SSSR count). The van der Waals surface area contributed by atoms with Crippen molar-refractivity contribution >= 4 is 11.9 Å². The van der Waals surface area contributed by atoms with E-state index in [1.807, 2.05) is 0 Å². The first-order valence-electron chi connectivity index (χ1n) is 5.01. The Bertz CT molecular complexity index is 567. The fraction of sp³-hybridized carbons (Fsp3) is 0. The van der Waals surface area contributed by atoms with E-state index in [4.69, 9.17) is 0 Å². The van der Waals surface area contributed by atoms with Crippen LogP contribution in [0, 0.1) is 11.0 Å². The van der Waals surface area contributed by atoms with Crippen molar-refractivity contribution in [3.05, 3.63) is 65.1 Å². The number of phenols is 1. The van der Waals surface area contributed by atoms with E-state index in [0.29, 0.717) is 4.74 Å². The molecule has 0 bridgehead atoms. The van der Waals surface area contributed by atoms with Crippen LogP contribution in [0.4, 0.5) is 10.1 Å². The minimum Gasteiger partial charge on any atom is -0.618 e. The second-order valence-electron chi connectivity index (χ2n) is 3.50. The number of aromatic hydroxyl groups is 1. The van der Waals surface area contributed by atoms with Gasteiger partial charge in [0.25, 0.3) is 0 Å². The van der Waals surface area contributed by atoms with E-state index in [2.05, 4.69) is 0 Å². The summed E-state index contributed by atoms with van der Waals surface area (Å²) in [5.74, 6) is -0.473. The highest BCUT2D eigenvalue weighted by Crippen LogP contribution is 2.17. The van der Waals surface area contributed by atoms with Gasteiger partial charge in [0.2, 0.25) is 5.69 Å². The predicted octanol–water partition coefficient (Wildman–Crippen LogP) is 2.79. The fourth-order valence-corrected chi connectivity index (χ4v) is 1.41. The summed E-state index contributed by atoms with van der Waals surface area (Å²) < 4.78 is 13.8. The van der Waals surface area contributed by atoms with Crippen LogP contribution in [0.15, 0.2) is 48.5 Å². The maximum atomic E-state index is 13.3. The molecule has 0 aliphatic rings. The number of phenolic OH excluding ortho intramolecular Hbond substituents is 1. The Balaban J connectivity index is 2.38. The van der Waals surface area contributed by atoms with Crippen LogP contribution in [-0.2, 0) is 0 Å². The molecule has 0 unspecified atom stereocenters. The molecule has 86 valence electrons. The normalized spacial score (nSPS) is 11.5. The zero-order valence-electron chi connectivity index (χ0n) is 8.88. The third-order valence-corrected chi connectivity index (χ3v) is 2.25. The van der Waals surface area contributed by atoms with E-state index in [0.717, 1.165) is 6.21 Å². The van der Waals surface area contributed by atoms with Crippen LogP contribution in [-0.4, -0.2) is 16.1 Å². The largest absolute Gasteiger partial charge is 0.618 e. The predicted molar refractivity (Wildman–Crippen MR) is 63.0 cm³/mol. The molecule has 17 heavy (non-hydrogen) atoms. The molecule has 0 aromatic heterocycles. The van der Waals surface area contributed by atoms with Gasteiger partial charge in [-0.15, -0.1) is 0 Å². The summed E-state index contributed by atoms with van der Waals surface area (Å²) in [6.07, 6.45) is 1.13. The summed E-state index contributed by atoms with van der Waals surface area (Å²) in [5.41, 5.74) is 0.444. The number of nitrogens with zero attached hydrogens (tertiary/aromatic N) is 1. The standard InChI is InChI=1S/C13H10FNO2/c14-13-7-2-1-4-10(13)9-15(17)11-5-3-6-12(16)8-11/h1-9,16H. The summed E-state index contributed by atoms with van der Waals surface area (Å²) >= 11 is 0. The van der Waals surface area contributed by atoms with Gasteiger partial charge in [-0.25, -0.2) is 4.39 Å². The molecule has 0 heterocycles. The molecule has 0 fully saturated rings. The molecule has 0 radical (unpaired) electrons. The third-order valence-electron chi connectivity index (χ3n) is 2.25. The summed E-state index contributed by atoms with van der Waals surface area (Å²) in [5, 5.41) is 20.9. The minimum atomic E-state index is -0.464. The summed E-state index contributed by atoms with van der Waals surface area (Å²) in [6, 6.07) is 11.8. The number of halogens is 1. The van der Waals surface area contributed by atoms with E-state index >= 15 is 0 Å². The molecule has 4 heteroatoms. The second kappa shape index (κ2) is 4.65. The van der Waals surface area contributed by atoms with Crippen molar-refractivity contribution in [2.24, 2.45) is 0 Å². The van der Waals surface area contributed by atoms with Crippen LogP contribution in [0.2, 0.25) is 0 Å². The summed E-state index contributed by atoms with van der Waals surface area (Å²) in [4.78, 5) is 0. The molecule has 3 nitrogen and oxygen atoms in total. The molecule has 1 N–H and O–H groups in total. The lowest BCUT2D eigenvalue weighted by Gasteiger charge is -2.03. The highest BCUT2D eigenvalue weighted by Gasteiger charge is 2.05. The van der Waals surface area contributed by atoms with Crippen molar-refractivity contribution in [1.29, 1.82) is 0 Å². The Hall–Kier alpha value is -2.36. The van der Waals surface area contributed by atoms with Gasteiger partial charge in [-0.3, -0.25) is 0 Å². The number of hydrogen-bond acceptors (Lipinski definition) is 2. The van der Waals surface area contributed by atoms with Crippen molar-refractivity contribution in [2.75, 3.05) is 0 Å². The van der Waals surface area contributed by atoms with Gasteiger partial charge in [0.1, 0.15) is 11.6 Å². The molecule has 0 atom stereocenters. The van der Waals surface area contributed by atoms with Crippen molar-refractivity contribution < 1.29 is 14.2 Å². The van der Waals surface area contributed by atoms with Gasteiger partial charge in [0.15, 0.2) is 6.21 Å². The van der Waals surface area contributed by atoms with E-state index in [-0.39, 0.29) is 17.0 Å². The Morgan fingerprint density at radius 1 is 1.12 bits per heavy atom. The van der Waals surface area contributed by atoms with E-state index in [1.165, 1.54) is 30.3 Å². The second-order valence-corrected chi connectivity index (χ2v) is 3.50. The van der Waals surface area contributed by atoms with Gasteiger partial charge in [-0.2, -0.15) is 4.74 Å². The molecule has 0 spiro atoms. The molecular weight excluding hydrogens is 221 g/mol. The lowest BCUT2D eigenvalue weighted by atomic mass is 10.2. The van der Waals surface area contributed by atoms with Gasteiger partial charge in [-0.1, -0.05) is 18.2 Å². The van der Waals surface area contributed by atoms with Crippen LogP contribution in [0.25, 0.3) is 0 Å². The van der Waals surface area contributed by atoms with Crippen molar-refractivity contribution in [3.63, 3.8) is 0 Å². The lowest BCUT2D eigenvalue weighted by Crippen LogP contribution is -2.00. The number of rotatable bonds is 2. The number of hydrogen-bond donors (Lipinski definition) is 1. The number of benzene rings is 2. The molecule has 0 amide bonds. The summed E-state index contributed by atoms with van der Waals surface area (Å²) in [7, 11) is 0. The monoisotopic (exact) mass is 231 g/mol. The van der Waals surface area contributed by atoms with Gasteiger partial charge in [0, 0.05) is 6.07 Å². The Morgan fingerprint density at radius 2 is 1.88 bits per heavy atom. The first kappa shape index (κ1) is 11.1. The maximum absolute atomic E-state index is 13.3. The van der Waals surface area contributed by atoms with E-state index in [9.17, 15) is 14.7 Å². The zero-order chi connectivity index (χ0) is 12.3. The Morgan fingerprint density at radius 3 is 2.59 bits per heavy atom. The van der Waals surface area contributed by atoms with Crippen LogP contribution in [0.5, 0.6) is 5.75 Å². The van der Waals surface area contributed by atoms with Gasteiger partial charge in [0.05, 0.1) is 11.6 Å². The average molecular weight is 231 g/mol. The molecular formula is C13H10FNO2. The highest BCUT2D eigenvalue weighted by molar-refractivity contribution is 5.76. The van der Waals surface area contributed by atoms with Crippen LogP contribution >= 0.6 is 0 Å². The first-order chi connectivity index (χ1) is 8.16. The van der Waals surface area contributed by atoms with E-state index < -0.39 is 5.82 Å². The maximum Gasteiger partial charge on any atom is 0.220 e. The van der Waals surface area contributed by atoms with Crippen LogP contribution < -0.4 is 0 Å². The molecule has 0 saturated carbocycles. The average Bonchev–Trinajstić information content (AvgIpc) is 2.32. The minimum absolute atomic E-state index is 0.00900. The highest BCUT2D eigenvalue weighted by atomic mass is 19.1. The zero-order valence-corrected chi connectivity index (χ0v) is 8.88. The first-order valence-corrected chi connectivity index (χ1v) is 5.01.